The Morgan fingerprint density at radius 3 is 2.76 bits per heavy atom. The second-order valence-corrected chi connectivity index (χ2v) is 3.60. The first-order valence-electron chi connectivity index (χ1n) is 5.23. The van der Waals surface area contributed by atoms with Crippen LogP contribution in [0.25, 0.3) is 0 Å². The SMILES string of the molecule is CCC(NCc1ccc(F)cc1F)/C(N)=N/O. The van der Waals surface area contributed by atoms with Crippen LogP contribution in [0.4, 0.5) is 8.78 Å². The van der Waals surface area contributed by atoms with Gasteiger partial charge in [0.1, 0.15) is 11.6 Å². The smallest absolute Gasteiger partial charge is 0.156 e. The molecule has 0 fully saturated rings. The number of benzene rings is 1. The van der Waals surface area contributed by atoms with Crippen molar-refractivity contribution in [2.24, 2.45) is 10.9 Å². The Hall–Kier alpha value is -1.69. The Morgan fingerprint density at radius 1 is 1.53 bits per heavy atom. The number of amidine groups is 1. The van der Waals surface area contributed by atoms with Crippen LogP contribution in [-0.4, -0.2) is 17.1 Å². The van der Waals surface area contributed by atoms with Gasteiger partial charge in [-0.3, -0.25) is 0 Å². The van der Waals surface area contributed by atoms with Crippen molar-refractivity contribution >= 4 is 5.84 Å². The molecular weight excluding hydrogens is 228 g/mol. The van der Waals surface area contributed by atoms with Gasteiger partial charge in [0.05, 0.1) is 6.04 Å². The highest BCUT2D eigenvalue weighted by atomic mass is 19.1. The number of hydrogen-bond donors (Lipinski definition) is 3. The Morgan fingerprint density at radius 2 is 2.24 bits per heavy atom. The van der Waals surface area contributed by atoms with E-state index in [1.807, 2.05) is 6.92 Å². The summed E-state index contributed by atoms with van der Waals surface area (Å²) < 4.78 is 26.0. The van der Waals surface area contributed by atoms with Crippen molar-refractivity contribution in [3.05, 3.63) is 35.4 Å². The predicted molar refractivity (Wildman–Crippen MR) is 60.7 cm³/mol. The predicted octanol–water partition coefficient (Wildman–Crippen LogP) is 1.58. The summed E-state index contributed by atoms with van der Waals surface area (Å²) in [6.45, 7) is 2.03. The number of halogens is 2. The van der Waals surface area contributed by atoms with Gasteiger partial charge in [-0.1, -0.05) is 18.1 Å². The molecule has 94 valence electrons. The Bertz CT molecular complexity index is 410. The first-order chi connectivity index (χ1) is 8.08. The maximum absolute atomic E-state index is 13.3. The number of rotatable bonds is 5. The van der Waals surface area contributed by atoms with Crippen LogP contribution in [0.15, 0.2) is 23.4 Å². The lowest BCUT2D eigenvalue weighted by Crippen LogP contribution is -2.40. The molecule has 0 aliphatic heterocycles. The van der Waals surface area contributed by atoms with Gasteiger partial charge in [0, 0.05) is 18.2 Å². The Balaban J connectivity index is 2.66. The van der Waals surface area contributed by atoms with Crippen molar-refractivity contribution < 1.29 is 14.0 Å². The van der Waals surface area contributed by atoms with Crippen LogP contribution in [0.2, 0.25) is 0 Å². The molecule has 1 aromatic carbocycles. The van der Waals surface area contributed by atoms with E-state index in [2.05, 4.69) is 10.5 Å². The van der Waals surface area contributed by atoms with Gasteiger partial charge in [0.15, 0.2) is 5.84 Å². The summed E-state index contributed by atoms with van der Waals surface area (Å²) >= 11 is 0. The minimum Gasteiger partial charge on any atom is -0.409 e. The van der Waals surface area contributed by atoms with Crippen molar-refractivity contribution in [2.45, 2.75) is 25.9 Å². The summed E-state index contributed by atoms with van der Waals surface area (Å²) in [4.78, 5) is 0. The molecule has 0 saturated carbocycles. The monoisotopic (exact) mass is 243 g/mol. The van der Waals surface area contributed by atoms with Crippen LogP contribution in [-0.2, 0) is 6.54 Å². The van der Waals surface area contributed by atoms with E-state index in [0.717, 1.165) is 6.07 Å². The fourth-order valence-corrected chi connectivity index (χ4v) is 1.43. The van der Waals surface area contributed by atoms with Gasteiger partial charge < -0.3 is 16.3 Å². The zero-order valence-corrected chi connectivity index (χ0v) is 9.45. The van der Waals surface area contributed by atoms with E-state index in [-0.39, 0.29) is 18.4 Å². The first-order valence-corrected chi connectivity index (χ1v) is 5.23. The third-order valence-corrected chi connectivity index (χ3v) is 2.43. The summed E-state index contributed by atoms with van der Waals surface area (Å²) in [5.74, 6) is -1.20. The molecule has 1 aromatic rings. The zero-order valence-electron chi connectivity index (χ0n) is 9.45. The van der Waals surface area contributed by atoms with Gasteiger partial charge in [-0.15, -0.1) is 0 Å². The zero-order chi connectivity index (χ0) is 12.8. The molecule has 6 heteroatoms. The first kappa shape index (κ1) is 13.4. The fraction of sp³-hybridized carbons (Fsp3) is 0.364. The van der Waals surface area contributed by atoms with E-state index >= 15 is 0 Å². The minimum atomic E-state index is -0.619. The van der Waals surface area contributed by atoms with Crippen LogP contribution in [0.5, 0.6) is 0 Å². The maximum atomic E-state index is 13.3. The average molecular weight is 243 g/mol. The van der Waals surface area contributed by atoms with E-state index in [0.29, 0.717) is 12.0 Å². The minimum absolute atomic E-state index is 0.0371. The highest BCUT2D eigenvalue weighted by Crippen LogP contribution is 2.09. The average Bonchev–Trinajstić information content (AvgIpc) is 2.31. The van der Waals surface area contributed by atoms with Gasteiger partial charge >= 0.3 is 0 Å². The molecule has 4 N–H and O–H groups in total. The lowest BCUT2D eigenvalue weighted by Gasteiger charge is -2.15. The van der Waals surface area contributed by atoms with E-state index in [1.165, 1.54) is 12.1 Å². The van der Waals surface area contributed by atoms with Gasteiger partial charge in [-0.25, -0.2) is 8.78 Å². The number of nitrogens with one attached hydrogen (secondary N) is 1. The summed E-state index contributed by atoms with van der Waals surface area (Å²) in [5.41, 5.74) is 5.77. The van der Waals surface area contributed by atoms with E-state index in [1.54, 1.807) is 0 Å². The molecule has 0 bridgehead atoms. The molecule has 0 amide bonds. The second kappa shape index (κ2) is 6.15. The Labute approximate surface area is 98.1 Å². The topological polar surface area (TPSA) is 70.6 Å². The molecule has 1 atom stereocenters. The fourth-order valence-electron chi connectivity index (χ4n) is 1.43. The third-order valence-electron chi connectivity index (χ3n) is 2.43. The molecule has 0 saturated heterocycles. The van der Waals surface area contributed by atoms with E-state index in [9.17, 15) is 8.78 Å². The van der Waals surface area contributed by atoms with Crippen LogP contribution in [0.3, 0.4) is 0 Å². The number of nitrogens with two attached hydrogens (primary N) is 1. The molecule has 0 radical (unpaired) electrons. The van der Waals surface area contributed by atoms with Crippen LogP contribution in [0.1, 0.15) is 18.9 Å². The van der Waals surface area contributed by atoms with Crippen molar-refractivity contribution in [1.82, 2.24) is 5.32 Å². The molecule has 1 rings (SSSR count). The van der Waals surface area contributed by atoms with Gasteiger partial charge in [-0.2, -0.15) is 0 Å². The van der Waals surface area contributed by atoms with Gasteiger partial charge in [0.25, 0.3) is 0 Å². The molecule has 4 nitrogen and oxygen atoms in total. The number of oxime groups is 1. The molecule has 0 spiro atoms. The molecule has 0 heterocycles. The standard InChI is InChI=1S/C11H15F2N3O/c1-2-10(11(14)16-17)15-6-7-3-4-8(12)5-9(7)13/h3-5,10,15,17H,2,6H2,1H3,(H2,14,16). The quantitative estimate of drug-likeness (QED) is 0.318. The summed E-state index contributed by atoms with van der Waals surface area (Å²) in [7, 11) is 0. The van der Waals surface area contributed by atoms with Gasteiger partial charge in [0.2, 0.25) is 0 Å². The van der Waals surface area contributed by atoms with Crippen molar-refractivity contribution in [2.75, 3.05) is 0 Å². The maximum Gasteiger partial charge on any atom is 0.156 e. The number of hydrogen-bond acceptors (Lipinski definition) is 3. The second-order valence-electron chi connectivity index (χ2n) is 3.60. The molecule has 0 aliphatic carbocycles. The summed E-state index contributed by atoms with van der Waals surface area (Å²) in [6.07, 6.45) is 0.596. The highest BCUT2D eigenvalue weighted by molar-refractivity contribution is 5.85. The van der Waals surface area contributed by atoms with E-state index < -0.39 is 11.6 Å². The van der Waals surface area contributed by atoms with Crippen molar-refractivity contribution in [3.63, 3.8) is 0 Å². The normalized spacial score (nSPS) is 13.7. The van der Waals surface area contributed by atoms with Gasteiger partial charge in [-0.05, 0) is 12.5 Å². The Kier molecular flexibility index (Phi) is 4.84. The number of nitrogens with zero attached hydrogens (tertiary/aromatic N) is 1. The van der Waals surface area contributed by atoms with E-state index in [4.69, 9.17) is 10.9 Å². The largest absolute Gasteiger partial charge is 0.409 e. The molecule has 17 heavy (non-hydrogen) atoms. The lowest BCUT2D eigenvalue weighted by molar-refractivity contribution is 0.314. The molecule has 1 unspecified atom stereocenters. The highest BCUT2D eigenvalue weighted by Gasteiger charge is 2.12. The van der Waals surface area contributed by atoms with Crippen LogP contribution < -0.4 is 11.1 Å². The van der Waals surface area contributed by atoms with Crippen LogP contribution >= 0.6 is 0 Å². The summed E-state index contributed by atoms with van der Waals surface area (Å²) in [5, 5.41) is 14.3. The molecule has 0 aliphatic rings. The van der Waals surface area contributed by atoms with Crippen LogP contribution in [0, 0.1) is 11.6 Å². The third kappa shape index (κ3) is 3.67. The van der Waals surface area contributed by atoms with Crippen molar-refractivity contribution in [3.8, 4) is 0 Å². The lowest BCUT2D eigenvalue weighted by atomic mass is 10.1. The summed E-state index contributed by atoms with van der Waals surface area (Å²) in [6, 6.07) is 3.02. The van der Waals surface area contributed by atoms with Crippen molar-refractivity contribution in [1.29, 1.82) is 0 Å². The molecular formula is C11H15F2N3O. The molecule has 0 aromatic heterocycles.